The van der Waals surface area contributed by atoms with Crippen molar-refractivity contribution < 1.29 is 20.6 Å². The topological polar surface area (TPSA) is 20.2 Å². The maximum atomic E-state index is 10.3. The van der Waals surface area contributed by atoms with E-state index in [2.05, 4.69) is 12.2 Å². The van der Waals surface area contributed by atoms with Crippen LogP contribution in [-0.2, 0) is 15.5 Å². The number of rotatable bonds is 1. The molecule has 0 bridgehead atoms. The molecule has 0 atom stereocenters. The van der Waals surface area contributed by atoms with Gasteiger partial charge in [-0.05, 0) is 12.8 Å². The van der Waals surface area contributed by atoms with Gasteiger partial charge in [0.05, 0.1) is 5.60 Å². The van der Waals surface area contributed by atoms with Gasteiger partial charge in [-0.3, -0.25) is 0 Å². The molecule has 0 heterocycles. The minimum atomic E-state index is -3.29. The molecule has 2 aliphatic carbocycles. The number of hydrogen-bond donors (Lipinski definition) is 1. The second-order valence-electron chi connectivity index (χ2n) is 4.39. The monoisotopic (exact) mass is 394 g/mol. The second-order valence-corrected chi connectivity index (χ2v) is 26.8. The van der Waals surface area contributed by atoms with Crippen LogP contribution in [0.25, 0.3) is 0 Å². The van der Waals surface area contributed by atoms with E-state index in [1.807, 2.05) is 12.2 Å². The fourth-order valence-electron chi connectivity index (χ4n) is 2.29. The Kier molecular flexibility index (Phi) is 7.12. The van der Waals surface area contributed by atoms with Crippen molar-refractivity contribution in [2.75, 3.05) is 0 Å². The van der Waals surface area contributed by atoms with E-state index >= 15 is 0 Å². The van der Waals surface area contributed by atoms with Crippen LogP contribution in [-0.4, -0.2) is 10.7 Å². The molecule has 0 amide bonds. The van der Waals surface area contributed by atoms with Gasteiger partial charge < -0.3 is 5.11 Å². The Hall–Kier alpha value is 1.48. The molecule has 2 rings (SSSR count). The van der Waals surface area contributed by atoms with Crippen LogP contribution < -0.4 is 0 Å². The molecule has 0 radical (unpaired) electrons. The van der Waals surface area contributed by atoms with Gasteiger partial charge in [-0.15, -0.1) is 0 Å². The Morgan fingerprint density at radius 1 is 0.941 bits per heavy atom. The van der Waals surface area contributed by atoms with Crippen molar-refractivity contribution in [1.29, 1.82) is 0 Å². The quantitative estimate of drug-likeness (QED) is 0.647. The molecule has 0 spiro atoms. The van der Waals surface area contributed by atoms with E-state index in [-0.39, 0.29) is 5.92 Å². The number of allylic oxidation sites excluding steroid dienone is 2. The molecular weight excluding hydrogens is 381 g/mol. The molecule has 98 valence electrons. The number of halogens is 4. The van der Waals surface area contributed by atoms with E-state index < -0.39 is 21.1 Å². The van der Waals surface area contributed by atoms with E-state index in [1.165, 1.54) is 19.3 Å². The van der Waals surface area contributed by atoms with Crippen molar-refractivity contribution in [3.05, 3.63) is 24.3 Å². The van der Waals surface area contributed by atoms with Crippen molar-refractivity contribution >= 4 is 34.1 Å². The molecule has 1 N–H and O–H groups in total. The van der Waals surface area contributed by atoms with Gasteiger partial charge in [0, 0.05) is 5.92 Å². The van der Waals surface area contributed by atoms with Gasteiger partial charge in [-0.25, -0.2) is 0 Å². The van der Waals surface area contributed by atoms with E-state index in [4.69, 9.17) is 34.1 Å². The van der Waals surface area contributed by atoms with Crippen molar-refractivity contribution in [3.8, 4) is 0 Å². The van der Waals surface area contributed by atoms with Crippen LogP contribution in [0.1, 0.15) is 32.1 Å². The molecule has 1 nitrogen and oxygen atoms in total. The standard InChI is InChI=1S/C11H16O.4ClH.Zr/c12-11(8-4-1-5-9-11)10-6-2-3-7-10;;;;;/h2-3,6-7,10,12H,1,4-5,8-9H2;4*1H;/q;;;;;+4/p-4. The van der Waals surface area contributed by atoms with Crippen LogP contribution in [0.15, 0.2) is 24.3 Å². The summed E-state index contributed by atoms with van der Waals surface area (Å²) in [5.41, 5.74) is -0.415. The van der Waals surface area contributed by atoms with Crippen molar-refractivity contribution in [2.24, 2.45) is 5.92 Å². The summed E-state index contributed by atoms with van der Waals surface area (Å²) in [7, 11) is 20.1. The van der Waals surface area contributed by atoms with E-state index in [0.717, 1.165) is 12.8 Å². The molecule has 0 aromatic rings. The summed E-state index contributed by atoms with van der Waals surface area (Å²) in [5.74, 6) is 0.290. The van der Waals surface area contributed by atoms with Crippen LogP contribution in [0.2, 0.25) is 0 Å². The van der Waals surface area contributed by atoms with Crippen LogP contribution in [0.5, 0.6) is 0 Å². The predicted octanol–water partition coefficient (Wildman–Crippen LogP) is 5.18. The van der Waals surface area contributed by atoms with Crippen LogP contribution in [0.4, 0.5) is 0 Å². The Labute approximate surface area is 121 Å². The molecular formula is C11H16Cl4OZr. The van der Waals surface area contributed by atoms with E-state index in [1.54, 1.807) is 0 Å². The third-order valence-electron chi connectivity index (χ3n) is 3.09. The molecule has 0 aliphatic heterocycles. The van der Waals surface area contributed by atoms with Gasteiger partial charge >= 0.3 is 49.5 Å². The summed E-state index contributed by atoms with van der Waals surface area (Å²) in [4.78, 5) is 0. The predicted molar refractivity (Wildman–Crippen MR) is 73.2 cm³/mol. The van der Waals surface area contributed by atoms with Gasteiger partial charge in [-0.1, -0.05) is 43.6 Å². The number of aliphatic hydroxyl groups is 1. The molecule has 0 saturated heterocycles. The minimum absolute atomic E-state index is 0.290. The zero-order valence-electron chi connectivity index (χ0n) is 9.38. The number of hydrogen-bond acceptors (Lipinski definition) is 1. The molecule has 0 unspecified atom stereocenters. The molecule has 0 aromatic heterocycles. The van der Waals surface area contributed by atoms with Crippen molar-refractivity contribution in [3.63, 3.8) is 0 Å². The average molecular weight is 397 g/mol. The van der Waals surface area contributed by atoms with Gasteiger partial charge in [-0.2, -0.15) is 0 Å². The fraction of sp³-hybridized carbons (Fsp3) is 0.636. The third-order valence-corrected chi connectivity index (χ3v) is 3.09. The summed E-state index contributed by atoms with van der Waals surface area (Å²) in [6, 6.07) is 0. The SMILES string of the molecule is OC1(C2C=CC=C2)CCCCC1.[Cl][Zr]([Cl])([Cl])[Cl]. The Bertz CT molecular complexity index is 274. The summed E-state index contributed by atoms with van der Waals surface area (Å²) in [5, 5.41) is 10.3. The summed E-state index contributed by atoms with van der Waals surface area (Å²) in [6.45, 7) is 0. The van der Waals surface area contributed by atoms with Gasteiger partial charge in [0.1, 0.15) is 0 Å². The van der Waals surface area contributed by atoms with Gasteiger partial charge in [0.15, 0.2) is 0 Å². The maximum absolute atomic E-state index is 10.3. The van der Waals surface area contributed by atoms with Crippen LogP contribution in [0, 0.1) is 5.92 Å². The molecule has 2 aliphatic rings. The first kappa shape index (κ1) is 16.5. The van der Waals surface area contributed by atoms with Gasteiger partial charge in [0.25, 0.3) is 0 Å². The fourth-order valence-corrected chi connectivity index (χ4v) is 2.29. The first-order valence-electron chi connectivity index (χ1n) is 5.64. The Morgan fingerprint density at radius 2 is 1.35 bits per heavy atom. The van der Waals surface area contributed by atoms with E-state index in [0.29, 0.717) is 0 Å². The van der Waals surface area contributed by atoms with Crippen molar-refractivity contribution in [2.45, 2.75) is 37.7 Å². The third kappa shape index (κ3) is 6.99. The molecule has 6 heteroatoms. The first-order valence-corrected chi connectivity index (χ1v) is 18.3. The molecule has 0 aromatic carbocycles. The first-order chi connectivity index (χ1) is 7.81. The normalized spacial score (nSPS) is 23.4. The second kappa shape index (κ2) is 7.31. The zero-order chi connectivity index (χ0) is 12.9. The summed E-state index contributed by atoms with van der Waals surface area (Å²) >= 11 is -3.29. The van der Waals surface area contributed by atoms with Crippen LogP contribution in [0.3, 0.4) is 0 Å². The summed E-state index contributed by atoms with van der Waals surface area (Å²) in [6.07, 6.45) is 13.9. The van der Waals surface area contributed by atoms with E-state index in [9.17, 15) is 5.11 Å². The zero-order valence-corrected chi connectivity index (χ0v) is 14.9. The van der Waals surface area contributed by atoms with Gasteiger partial charge in [0.2, 0.25) is 0 Å². The molecule has 17 heavy (non-hydrogen) atoms. The Morgan fingerprint density at radius 3 is 1.76 bits per heavy atom. The van der Waals surface area contributed by atoms with Crippen molar-refractivity contribution in [1.82, 2.24) is 0 Å². The summed E-state index contributed by atoms with van der Waals surface area (Å²) < 4.78 is 0. The molecule has 1 fully saturated rings. The Balaban J connectivity index is 0.000000249. The van der Waals surface area contributed by atoms with Crippen LogP contribution >= 0.6 is 34.1 Å². The molecule has 1 saturated carbocycles. The average Bonchev–Trinajstić information content (AvgIpc) is 2.69.